The molecule has 0 saturated carbocycles. The molecular formula is C18H25NO3. The van der Waals surface area contributed by atoms with Gasteiger partial charge >= 0.3 is 0 Å². The van der Waals surface area contributed by atoms with Crippen LogP contribution in [0.2, 0.25) is 0 Å². The second kappa shape index (κ2) is 5.34. The minimum absolute atomic E-state index is 0.0224. The van der Waals surface area contributed by atoms with E-state index in [0.29, 0.717) is 12.8 Å². The highest BCUT2D eigenvalue weighted by Gasteiger charge is 2.62. The number of Topliss-reactive ketones (excluding diaryl/α,β-unsaturated/α-hetero) is 1. The Labute approximate surface area is 131 Å². The lowest BCUT2D eigenvalue weighted by Gasteiger charge is -2.44. The molecule has 1 spiro atoms. The number of allylic oxidation sites excluding steroid dienone is 1. The highest BCUT2D eigenvalue weighted by Crippen LogP contribution is 2.55. The third-order valence-electron chi connectivity index (χ3n) is 5.89. The van der Waals surface area contributed by atoms with Crippen molar-refractivity contribution in [3.8, 4) is 0 Å². The Hall–Kier alpha value is -1.42. The van der Waals surface area contributed by atoms with Gasteiger partial charge in [0.25, 0.3) is 0 Å². The van der Waals surface area contributed by atoms with Crippen molar-refractivity contribution < 1.29 is 14.7 Å². The van der Waals surface area contributed by atoms with Crippen LogP contribution in [0, 0.1) is 5.92 Å². The predicted molar refractivity (Wildman–Crippen MR) is 84.1 cm³/mol. The highest BCUT2D eigenvalue weighted by atomic mass is 16.3. The third kappa shape index (κ3) is 1.79. The summed E-state index contributed by atoms with van der Waals surface area (Å²) in [5.74, 6) is -0.360. The summed E-state index contributed by atoms with van der Waals surface area (Å²) < 4.78 is 0. The molecule has 1 amide bonds. The summed E-state index contributed by atoms with van der Waals surface area (Å²) in [6.45, 7) is 7.65. The van der Waals surface area contributed by atoms with E-state index in [1.807, 2.05) is 24.8 Å². The molecular weight excluding hydrogens is 278 g/mol. The maximum Gasteiger partial charge on any atom is 0.223 e. The second-order valence-electron chi connectivity index (χ2n) is 6.80. The quantitative estimate of drug-likeness (QED) is 0.814. The molecule has 120 valence electrons. The number of nitrogens with zero attached hydrogens (tertiary/aromatic N) is 1. The Morgan fingerprint density at radius 2 is 2.18 bits per heavy atom. The summed E-state index contributed by atoms with van der Waals surface area (Å²) in [6.07, 6.45) is 5.33. The van der Waals surface area contributed by atoms with Gasteiger partial charge in [0.2, 0.25) is 5.91 Å². The number of amides is 1. The molecule has 0 radical (unpaired) electrons. The van der Waals surface area contributed by atoms with Crippen LogP contribution in [0.1, 0.15) is 52.4 Å². The topological polar surface area (TPSA) is 57.6 Å². The molecule has 4 heteroatoms. The van der Waals surface area contributed by atoms with Crippen molar-refractivity contribution in [2.75, 3.05) is 0 Å². The molecule has 1 aliphatic carbocycles. The average molecular weight is 303 g/mol. The van der Waals surface area contributed by atoms with Gasteiger partial charge in [-0.05, 0) is 50.2 Å². The fourth-order valence-electron chi connectivity index (χ4n) is 4.93. The van der Waals surface area contributed by atoms with Crippen LogP contribution in [-0.2, 0) is 9.59 Å². The van der Waals surface area contributed by atoms with Crippen molar-refractivity contribution in [3.05, 3.63) is 23.8 Å². The molecule has 0 aromatic rings. The summed E-state index contributed by atoms with van der Waals surface area (Å²) >= 11 is 0. The molecule has 22 heavy (non-hydrogen) atoms. The van der Waals surface area contributed by atoms with Crippen molar-refractivity contribution in [2.45, 2.75) is 70.1 Å². The first-order valence-electron chi connectivity index (χ1n) is 8.36. The van der Waals surface area contributed by atoms with Crippen LogP contribution in [-0.4, -0.2) is 39.4 Å². The fraction of sp³-hybridized carbons (Fsp3) is 0.667. The van der Waals surface area contributed by atoms with Crippen LogP contribution in [0.4, 0.5) is 0 Å². The Morgan fingerprint density at radius 1 is 1.45 bits per heavy atom. The number of hydrogen-bond acceptors (Lipinski definition) is 3. The standard InChI is InChI=1S/C18H25NO3/c1-4-12-9-10-18-13(7-6-8-15(21)19(12)18)11(3)17(22)16(18)14(20)5-2/h4,12,14,16,20H,1,5-10H2,2-3H3/t12-,14?,16?,18-/m0/s1. The SMILES string of the molecule is C=C[C@H]1CC[C@]23C(=C(C)C(=O)C2C(O)CC)CCCC(=O)N13. The fourth-order valence-corrected chi connectivity index (χ4v) is 4.93. The molecule has 2 unspecified atom stereocenters. The zero-order valence-corrected chi connectivity index (χ0v) is 13.5. The number of ketones is 1. The van der Waals surface area contributed by atoms with E-state index in [2.05, 4.69) is 6.58 Å². The first kappa shape index (κ1) is 15.5. The van der Waals surface area contributed by atoms with Gasteiger partial charge in [-0.25, -0.2) is 0 Å². The number of aliphatic hydroxyl groups excluding tert-OH is 1. The summed E-state index contributed by atoms with van der Waals surface area (Å²) in [6, 6.07) is -0.0224. The van der Waals surface area contributed by atoms with E-state index in [1.165, 1.54) is 0 Å². The molecule has 3 rings (SSSR count). The van der Waals surface area contributed by atoms with Crippen LogP contribution in [0.3, 0.4) is 0 Å². The van der Waals surface area contributed by atoms with Crippen LogP contribution in [0.25, 0.3) is 0 Å². The third-order valence-corrected chi connectivity index (χ3v) is 5.89. The number of rotatable bonds is 3. The van der Waals surface area contributed by atoms with E-state index in [-0.39, 0.29) is 17.7 Å². The van der Waals surface area contributed by atoms with Crippen LogP contribution in [0.15, 0.2) is 23.8 Å². The van der Waals surface area contributed by atoms with Gasteiger partial charge in [0.05, 0.1) is 23.6 Å². The Balaban J connectivity index is 2.20. The minimum Gasteiger partial charge on any atom is -0.392 e. The highest BCUT2D eigenvalue weighted by molar-refractivity contribution is 6.04. The van der Waals surface area contributed by atoms with Crippen LogP contribution in [0.5, 0.6) is 0 Å². The van der Waals surface area contributed by atoms with Crippen LogP contribution >= 0.6 is 0 Å². The van der Waals surface area contributed by atoms with Gasteiger partial charge in [0.1, 0.15) is 0 Å². The van der Waals surface area contributed by atoms with Gasteiger partial charge < -0.3 is 10.0 Å². The first-order valence-corrected chi connectivity index (χ1v) is 8.36. The van der Waals surface area contributed by atoms with E-state index in [4.69, 9.17) is 0 Å². The molecule has 0 aromatic heterocycles. The van der Waals surface area contributed by atoms with Crippen molar-refractivity contribution in [3.63, 3.8) is 0 Å². The summed E-state index contributed by atoms with van der Waals surface area (Å²) in [5, 5.41) is 10.6. The van der Waals surface area contributed by atoms with Gasteiger partial charge in [-0.3, -0.25) is 9.59 Å². The molecule has 0 bridgehead atoms. The lowest BCUT2D eigenvalue weighted by atomic mass is 9.75. The van der Waals surface area contributed by atoms with Gasteiger partial charge in [0, 0.05) is 6.42 Å². The minimum atomic E-state index is -0.697. The van der Waals surface area contributed by atoms with E-state index >= 15 is 0 Å². The lowest BCUT2D eigenvalue weighted by Crippen LogP contribution is -2.57. The van der Waals surface area contributed by atoms with E-state index < -0.39 is 17.6 Å². The van der Waals surface area contributed by atoms with Crippen molar-refractivity contribution >= 4 is 11.7 Å². The van der Waals surface area contributed by atoms with Gasteiger partial charge in [-0.2, -0.15) is 0 Å². The smallest absolute Gasteiger partial charge is 0.223 e. The molecule has 2 heterocycles. The second-order valence-corrected chi connectivity index (χ2v) is 6.80. The van der Waals surface area contributed by atoms with Crippen molar-refractivity contribution in [1.82, 2.24) is 4.90 Å². The number of carbonyl (C=O) groups excluding carboxylic acids is 2. The Bertz CT molecular complexity index is 565. The average Bonchev–Trinajstić information content (AvgIpc) is 2.93. The number of aliphatic hydroxyl groups is 1. The molecule has 2 fully saturated rings. The van der Waals surface area contributed by atoms with Gasteiger partial charge in [-0.1, -0.05) is 13.0 Å². The van der Waals surface area contributed by atoms with Crippen molar-refractivity contribution in [1.29, 1.82) is 0 Å². The molecule has 2 aliphatic heterocycles. The molecule has 0 aromatic carbocycles. The molecule has 4 nitrogen and oxygen atoms in total. The maximum atomic E-state index is 12.8. The maximum absolute atomic E-state index is 12.8. The van der Waals surface area contributed by atoms with E-state index in [1.54, 1.807) is 0 Å². The van der Waals surface area contributed by atoms with E-state index in [0.717, 1.165) is 36.8 Å². The monoisotopic (exact) mass is 303 g/mol. The number of carbonyl (C=O) groups is 2. The molecule has 4 atom stereocenters. The van der Waals surface area contributed by atoms with E-state index in [9.17, 15) is 14.7 Å². The summed E-state index contributed by atoms with van der Waals surface area (Å²) in [7, 11) is 0. The zero-order chi connectivity index (χ0) is 16.1. The number of hydrogen-bond donors (Lipinski definition) is 1. The first-order chi connectivity index (χ1) is 10.5. The summed E-state index contributed by atoms with van der Waals surface area (Å²) in [5.41, 5.74) is 1.29. The molecule has 2 saturated heterocycles. The van der Waals surface area contributed by atoms with Crippen molar-refractivity contribution in [2.24, 2.45) is 5.92 Å². The molecule has 3 aliphatic rings. The predicted octanol–water partition coefficient (Wildman–Crippen LogP) is 2.37. The summed E-state index contributed by atoms with van der Waals surface area (Å²) in [4.78, 5) is 27.5. The lowest BCUT2D eigenvalue weighted by molar-refractivity contribution is -0.140. The Morgan fingerprint density at radius 3 is 2.82 bits per heavy atom. The van der Waals surface area contributed by atoms with Gasteiger partial charge in [0.15, 0.2) is 5.78 Å². The largest absolute Gasteiger partial charge is 0.392 e. The van der Waals surface area contributed by atoms with Crippen LogP contribution < -0.4 is 0 Å². The normalized spacial score (nSPS) is 36.2. The zero-order valence-electron chi connectivity index (χ0n) is 13.5. The molecule has 1 N–H and O–H groups in total. The Kier molecular flexibility index (Phi) is 3.76. The van der Waals surface area contributed by atoms with Gasteiger partial charge in [-0.15, -0.1) is 6.58 Å².